The molecule has 1 aliphatic carbocycles. The van der Waals surface area contributed by atoms with Crippen LogP contribution >= 0.6 is 0 Å². The van der Waals surface area contributed by atoms with Crippen molar-refractivity contribution in [1.29, 1.82) is 0 Å². The molecule has 1 aliphatic rings. The summed E-state index contributed by atoms with van der Waals surface area (Å²) in [4.78, 5) is 30.9. The number of imidazole rings is 1. The third-order valence-corrected chi connectivity index (χ3v) is 5.94. The monoisotopic (exact) mass is 415 g/mol. The minimum absolute atomic E-state index is 0.125. The average molecular weight is 415 g/mol. The summed E-state index contributed by atoms with van der Waals surface area (Å²) in [6.45, 7) is 0.556. The summed E-state index contributed by atoms with van der Waals surface area (Å²) in [6.07, 6.45) is 6.00. The van der Waals surface area contributed by atoms with E-state index in [0.717, 1.165) is 5.56 Å². The van der Waals surface area contributed by atoms with E-state index in [1.54, 1.807) is 35.3 Å². The summed E-state index contributed by atoms with van der Waals surface area (Å²) in [7, 11) is 0. The number of pyridine rings is 1. The van der Waals surface area contributed by atoms with Gasteiger partial charge in [-0.05, 0) is 29.7 Å². The number of benzene rings is 2. The molecule has 0 spiro atoms. The molecule has 7 heteroatoms. The van der Waals surface area contributed by atoms with Crippen LogP contribution in [0.2, 0.25) is 0 Å². The second-order valence-corrected chi connectivity index (χ2v) is 7.69. The van der Waals surface area contributed by atoms with Crippen LogP contribution in [0.4, 0.5) is 0 Å². The molecule has 0 atom stereocenters. The van der Waals surface area contributed by atoms with Gasteiger partial charge >= 0.3 is 0 Å². The number of hydrogen-bond acceptors (Lipinski definition) is 5. The Morgan fingerprint density at radius 1 is 0.903 bits per heavy atom. The Labute approximate surface area is 177 Å². The molecule has 0 unspecified atom stereocenters. The number of hydrogen-bond donors (Lipinski definition) is 2. The zero-order chi connectivity index (χ0) is 21.5. The zero-order valence-electron chi connectivity index (χ0n) is 16.8. The van der Waals surface area contributed by atoms with Crippen molar-refractivity contribution in [2.24, 2.45) is 0 Å². The van der Waals surface area contributed by atoms with Gasteiger partial charge in [-0.1, -0.05) is 24.3 Å². The van der Waals surface area contributed by atoms with Gasteiger partial charge in [0.25, 0.3) is 5.56 Å². The normalized spacial score (nSPS) is 12.4. The lowest BCUT2D eigenvalue weighted by atomic mass is 9.97. The largest absolute Gasteiger partial charge is 0.392 e. The Kier molecular flexibility index (Phi) is 4.77. The summed E-state index contributed by atoms with van der Waals surface area (Å²) in [5, 5.41) is 20.3. The number of aliphatic hydroxyl groups excluding tert-OH is 2. The Morgan fingerprint density at radius 2 is 1.61 bits per heavy atom. The molecule has 0 saturated heterocycles. The van der Waals surface area contributed by atoms with Crippen LogP contribution in [-0.2, 0) is 26.3 Å². The Hall–Kier alpha value is -3.55. The summed E-state index contributed by atoms with van der Waals surface area (Å²) < 4.78 is 3.63. The van der Waals surface area contributed by atoms with Gasteiger partial charge in [0.2, 0.25) is 0 Å². The third-order valence-electron chi connectivity index (χ3n) is 5.94. The van der Waals surface area contributed by atoms with Crippen molar-refractivity contribution in [3.63, 3.8) is 0 Å². The second kappa shape index (κ2) is 7.61. The standard InChI is InChI=1S/C24H21N3O4/c28-12-15-10-19-20(11-16(15)13-29)24(31)27(8-3-7-26-9-6-25-14-26)22-17-4-1-2-5-18(17)23(30)21(19)22/h1-2,4-6,9-11,14,28-29H,3,7-8,12-13H2. The first-order valence-electron chi connectivity index (χ1n) is 10.2. The van der Waals surface area contributed by atoms with Crippen LogP contribution in [0.5, 0.6) is 0 Å². The Balaban J connectivity index is 1.75. The molecule has 0 fully saturated rings. The van der Waals surface area contributed by atoms with Gasteiger partial charge in [0, 0.05) is 47.4 Å². The number of aliphatic hydroxyl groups is 2. The molecule has 7 nitrogen and oxygen atoms in total. The smallest absolute Gasteiger partial charge is 0.258 e. The quantitative estimate of drug-likeness (QED) is 0.444. The van der Waals surface area contributed by atoms with Crippen LogP contribution in [0, 0.1) is 0 Å². The first kappa shape index (κ1) is 19.4. The van der Waals surface area contributed by atoms with Crippen molar-refractivity contribution in [3.05, 3.63) is 87.7 Å². The van der Waals surface area contributed by atoms with Crippen molar-refractivity contribution in [2.45, 2.75) is 32.7 Å². The lowest BCUT2D eigenvalue weighted by Crippen LogP contribution is -2.24. The molecule has 2 aromatic carbocycles. The molecule has 4 aromatic rings. The molecule has 156 valence electrons. The lowest BCUT2D eigenvalue weighted by molar-refractivity contribution is 0.104. The van der Waals surface area contributed by atoms with E-state index in [2.05, 4.69) is 4.98 Å². The number of rotatable bonds is 6. The molecule has 5 rings (SSSR count). The first-order valence-corrected chi connectivity index (χ1v) is 10.2. The third kappa shape index (κ3) is 3.01. The van der Waals surface area contributed by atoms with E-state index in [1.807, 2.05) is 29.0 Å². The van der Waals surface area contributed by atoms with Crippen LogP contribution in [0.1, 0.15) is 33.5 Å². The number of aromatic nitrogens is 3. The van der Waals surface area contributed by atoms with Gasteiger partial charge in [0.1, 0.15) is 0 Å². The van der Waals surface area contributed by atoms with E-state index in [1.165, 1.54) is 0 Å². The minimum atomic E-state index is -0.294. The fourth-order valence-electron chi connectivity index (χ4n) is 4.45. The minimum Gasteiger partial charge on any atom is -0.392 e. The zero-order valence-corrected chi connectivity index (χ0v) is 16.8. The van der Waals surface area contributed by atoms with Crippen LogP contribution in [0.3, 0.4) is 0 Å². The number of nitrogens with zero attached hydrogens (tertiary/aromatic N) is 3. The molecule has 0 amide bonds. The van der Waals surface area contributed by atoms with Crippen LogP contribution in [0.15, 0.2) is 59.9 Å². The molecule has 0 aliphatic heterocycles. The van der Waals surface area contributed by atoms with Gasteiger partial charge < -0.3 is 19.3 Å². The van der Waals surface area contributed by atoms with E-state index in [9.17, 15) is 19.8 Å². The number of carbonyl (C=O) groups is 1. The van der Waals surface area contributed by atoms with Crippen molar-refractivity contribution >= 4 is 16.6 Å². The van der Waals surface area contributed by atoms with Crippen molar-refractivity contribution in [2.75, 3.05) is 0 Å². The van der Waals surface area contributed by atoms with Crippen molar-refractivity contribution in [1.82, 2.24) is 14.1 Å². The maximum Gasteiger partial charge on any atom is 0.258 e. The summed E-state index contributed by atoms with van der Waals surface area (Å²) in [5.41, 5.74) is 3.23. The highest BCUT2D eigenvalue weighted by Gasteiger charge is 2.32. The van der Waals surface area contributed by atoms with E-state index >= 15 is 0 Å². The number of carbonyl (C=O) groups excluding carboxylic acids is 1. The van der Waals surface area contributed by atoms with E-state index < -0.39 is 0 Å². The highest BCUT2D eigenvalue weighted by molar-refractivity contribution is 6.26. The van der Waals surface area contributed by atoms with E-state index in [0.29, 0.717) is 58.2 Å². The molecule has 2 aromatic heterocycles. The fourth-order valence-corrected chi connectivity index (χ4v) is 4.45. The number of aryl methyl sites for hydroxylation is 1. The SMILES string of the molecule is O=C1c2ccccc2-c2c1c1cc(CO)c(CO)cc1c(=O)n2CCCn1ccnc1. The maximum atomic E-state index is 13.6. The highest BCUT2D eigenvalue weighted by Crippen LogP contribution is 2.39. The van der Waals surface area contributed by atoms with Crippen LogP contribution in [0.25, 0.3) is 22.0 Å². The lowest BCUT2D eigenvalue weighted by Gasteiger charge is -2.17. The molecular weight excluding hydrogens is 394 g/mol. The van der Waals surface area contributed by atoms with Gasteiger partial charge in [0.15, 0.2) is 5.78 Å². The predicted molar refractivity (Wildman–Crippen MR) is 116 cm³/mol. The molecule has 0 saturated carbocycles. The van der Waals surface area contributed by atoms with Gasteiger partial charge in [-0.15, -0.1) is 0 Å². The summed E-state index contributed by atoms with van der Waals surface area (Å²) >= 11 is 0. The Bertz CT molecular complexity index is 1370. The van der Waals surface area contributed by atoms with Crippen LogP contribution in [-0.4, -0.2) is 30.1 Å². The maximum absolute atomic E-state index is 13.6. The van der Waals surface area contributed by atoms with Crippen molar-refractivity contribution in [3.8, 4) is 11.3 Å². The van der Waals surface area contributed by atoms with Gasteiger partial charge in [-0.25, -0.2) is 4.98 Å². The first-order chi connectivity index (χ1) is 15.1. The molecular formula is C24H21N3O4. The van der Waals surface area contributed by atoms with Gasteiger partial charge in [-0.2, -0.15) is 0 Å². The van der Waals surface area contributed by atoms with E-state index in [-0.39, 0.29) is 24.6 Å². The highest BCUT2D eigenvalue weighted by atomic mass is 16.3. The van der Waals surface area contributed by atoms with Crippen molar-refractivity contribution < 1.29 is 15.0 Å². The molecule has 0 bridgehead atoms. The molecule has 2 N–H and O–H groups in total. The molecule has 2 heterocycles. The fraction of sp³-hybridized carbons (Fsp3) is 0.208. The van der Waals surface area contributed by atoms with Gasteiger partial charge in [-0.3, -0.25) is 9.59 Å². The average Bonchev–Trinajstić information content (AvgIpc) is 3.42. The summed E-state index contributed by atoms with van der Waals surface area (Å²) in [5.74, 6) is -0.125. The van der Waals surface area contributed by atoms with Crippen LogP contribution < -0.4 is 5.56 Å². The number of fused-ring (bicyclic) bond motifs is 5. The summed E-state index contributed by atoms with van der Waals surface area (Å²) in [6, 6.07) is 10.6. The van der Waals surface area contributed by atoms with Gasteiger partial charge in [0.05, 0.1) is 30.8 Å². The topological polar surface area (TPSA) is 97.4 Å². The second-order valence-electron chi connectivity index (χ2n) is 7.69. The molecule has 31 heavy (non-hydrogen) atoms. The number of ketones is 1. The van der Waals surface area contributed by atoms with E-state index in [4.69, 9.17) is 0 Å². The Morgan fingerprint density at radius 3 is 2.29 bits per heavy atom. The predicted octanol–water partition coefficient (Wildman–Crippen LogP) is 2.48. The molecule has 0 radical (unpaired) electrons.